The molecule has 0 heterocycles. The average Bonchev–Trinajstić information content (AvgIpc) is 2.59. The quantitative estimate of drug-likeness (QED) is 0.283. The summed E-state index contributed by atoms with van der Waals surface area (Å²) >= 11 is 0. The van der Waals surface area contributed by atoms with E-state index >= 15 is 0 Å². The fourth-order valence-electron chi connectivity index (χ4n) is 3.10. The van der Waals surface area contributed by atoms with Crippen LogP contribution in [0.15, 0.2) is 40.9 Å². The Morgan fingerprint density at radius 2 is 1.88 bits per heavy atom. The van der Waals surface area contributed by atoms with Crippen LogP contribution in [0.4, 0.5) is 0 Å². The monoisotopic (exact) mass is 456 g/mol. The van der Waals surface area contributed by atoms with Gasteiger partial charge in [0.1, 0.15) is 0 Å². The third kappa shape index (κ3) is 8.23. The minimum absolute atomic E-state index is 0. The highest BCUT2D eigenvalue weighted by Crippen LogP contribution is 2.19. The smallest absolute Gasteiger partial charge is 0.191 e. The van der Waals surface area contributed by atoms with E-state index in [1.165, 1.54) is 36.8 Å². The summed E-state index contributed by atoms with van der Waals surface area (Å²) in [4.78, 5) is 6.54. The number of allylic oxidation sites excluding steroid dienone is 1. The van der Waals surface area contributed by atoms with Crippen LogP contribution in [0.5, 0.6) is 0 Å². The Bertz CT molecular complexity index is 567. The number of guanidine groups is 1. The molecule has 2 N–H and O–H groups in total. The lowest BCUT2D eigenvalue weighted by Crippen LogP contribution is -2.37. The maximum atomic E-state index is 4.34. The first-order valence-electron chi connectivity index (χ1n) is 9.03. The molecule has 25 heavy (non-hydrogen) atoms. The van der Waals surface area contributed by atoms with Crippen molar-refractivity contribution in [2.45, 2.75) is 45.2 Å². The van der Waals surface area contributed by atoms with Gasteiger partial charge < -0.3 is 15.5 Å². The number of benzene rings is 1. The molecule has 0 amide bonds. The lowest BCUT2D eigenvalue weighted by Gasteiger charge is -2.17. The predicted molar refractivity (Wildman–Crippen MR) is 119 cm³/mol. The van der Waals surface area contributed by atoms with Gasteiger partial charge in [-0.1, -0.05) is 35.9 Å². The Morgan fingerprint density at radius 1 is 1.12 bits per heavy atom. The van der Waals surface area contributed by atoms with Crippen LogP contribution < -0.4 is 10.6 Å². The van der Waals surface area contributed by atoms with Gasteiger partial charge in [-0.05, 0) is 57.3 Å². The summed E-state index contributed by atoms with van der Waals surface area (Å²) in [5.41, 5.74) is 4.28. The lowest BCUT2D eigenvalue weighted by atomic mass is 9.97. The van der Waals surface area contributed by atoms with Crippen LogP contribution in [0.25, 0.3) is 0 Å². The zero-order valence-electron chi connectivity index (χ0n) is 15.8. The van der Waals surface area contributed by atoms with Crippen LogP contribution in [0.2, 0.25) is 0 Å². The fourth-order valence-corrected chi connectivity index (χ4v) is 3.10. The molecular weight excluding hydrogens is 423 g/mol. The van der Waals surface area contributed by atoms with Gasteiger partial charge in [0.25, 0.3) is 0 Å². The largest absolute Gasteiger partial charge is 0.356 e. The molecule has 0 atom stereocenters. The molecule has 1 aromatic carbocycles. The summed E-state index contributed by atoms with van der Waals surface area (Å²) in [6.07, 6.45) is 8.77. The molecule has 5 heteroatoms. The Labute approximate surface area is 170 Å². The topological polar surface area (TPSA) is 39.7 Å². The summed E-state index contributed by atoms with van der Waals surface area (Å²) in [5, 5.41) is 6.87. The molecule has 0 aliphatic heterocycles. The Morgan fingerprint density at radius 3 is 2.52 bits per heavy atom. The van der Waals surface area contributed by atoms with Crippen molar-refractivity contribution in [2.75, 3.05) is 27.7 Å². The van der Waals surface area contributed by atoms with Crippen molar-refractivity contribution in [1.29, 1.82) is 0 Å². The van der Waals surface area contributed by atoms with Crippen molar-refractivity contribution in [1.82, 2.24) is 15.5 Å². The van der Waals surface area contributed by atoms with Crippen molar-refractivity contribution in [3.8, 4) is 0 Å². The van der Waals surface area contributed by atoms with Crippen LogP contribution in [-0.2, 0) is 13.1 Å². The van der Waals surface area contributed by atoms with Crippen molar-refractivity contribution < 1.29 is 0 Å². The second-order valence-corrected chi connectivity index (χ2v) is 6.72. The Hall–Kier alpha value is -1.08. The van der Waals surface area contributed by atoms with E-state index < -0.39 is 0 Å². The van der Waals surface area contributed by atoms with Crippen LogP contribution in [0, 0.1) is 0 Å². The van der Waals surface area contributed by atoms with E-state index in [1.807, 2.05) is 7.05 Å². The van der Waals surface area contributed by atoms with Gasteiger partial charge in [-0.15, -0.1) is 24.0 Å². The first kappa shape index (κ1) is 22.0. The van der Waals surface area contributed by atoms with Crippen LogP contribution in [0.3, 0.4) is 0 Å². The Kier molecular flexibility index (Phi) is 10.8. The molecule has 0 saturated heterocycles. The summed E-state index contributed by atoms with van der Waals surface area (Å²) < 4.78 is 0. The number of nitrogens with one attached hydrogen (secondary N) is 2. The van der Waals surface area contributed by atoms with E-state index in [2.05, 4.69) is 65.0 Å². The van der Waals surface area contributed by atoms with Gasteiger partial charge in [0.2, 0.25) is 0 Å². The predicted octanol–water partition coefficient (Wildman–Crippen LogP) is 3.92. The van der Waals surface area contributed by atoms with E-state index in [-0.39, 0.29) is 24.0 Å². The molecule has 0 radical (unpaired) electrons. The fraction of sp³-hybridized carbons (Fsp3) is 0.550. The zero-order valence-corrected chi connectivity index (χ0v) is 18.2. The van der Waals surface area contributed by atoms with Gasteiger partial charge in [-0.2, -0.15) is 0 Å². The van der Waals surface area contributed by atoms with Crippen LogP contribution >= 0.6 is 24.0 Å². The average molecular weight is 456 g/mol. The lowest BCUT2D eigenvalue weighted by molar-refractivity contribution is 0.400. The van der Waals surface area contributed by atoms with Gasteiger partial charge >= 0.3 is 0 Å². The number of halogens is 1. The minimum atomic E-state index is 0. The van der Waals surface area contributed by atoms with Crippen molar-refractivity contribution in [3.63, 3.8) is 0 Å². The first-order chi connectivity index (χ1) is 11.7. The van der Waals surface area contributed by atoms with E-state index in [9.17, 15) is 0 Å². The molecule has 0 spiro atoms. The van der Waals surface area contributed by atoms with Gasteiger partial charge in [-0.25, -0.2) is 0 Å². The van der Waals surface area contributed by atoms with E-state index in [0.29, 0.717) is 0 Å². The number of aliphatic imine (C=N–C) groups is 1. The van der Waals surface area contributed by atoms with E-state index in [4.69, 9.17) is 0 Å². The molecule has 2 rings (SSSR count). The Balaban J connectivity index is 0.00000312. The molecule has 0 unspecified atom stereocenters. The van der Waals surface area contributed by atoms with E-state index in [0.717, 1.165) is 32.0 Å². The number of rotatable bonds is 7. The maximum absolute atomic E-state index is 4.34. The van der Waals surface area contributed by atoms with Gasteiger partial charge in [-0.3, -0.25) is 4.99 Å². The molecule has 4 nitrogen and oxygen atoms in total. The van der Waals surface area contributed by atoms with Gasteiger partial charge in [0.15, 0.2) is 5.96 Å². The van der Waals surface area contributed by atoms with Crippen LogP contribution in [0.1, 0.15) is 43.2 Å². The maximum Gasteiger partial charge on any atom is 0.191 e. The molecule has 0 aromatic heterocycles. The number of hydrogen-bond donors (Lipinski definition) is 2. The van der Waals surface area contributed by atoms with E-state index in [1.54, 1.807) is 5.57 Å². The molecule has 0 bridgehead atoms. The molecule has 0 saturated carbocycles. The van der Waals surface area contributed by atoms with Crippen molar-refractivity contribution in [3.05, 3.63) is 47.0 Å². The summed E-state index contributed by atoms with van der Waals surface area (Å²) in [7, 11) is 6.04. The second kappa shape index (κ2) is 12.3. The number of nitrogens with zero attached hydrogens (tertiary/aromatic N) is 2. The third-order valence-corrected chi connectivity index (χ3v) is 4.40. The molecule has 1 aromatic rings. The molecule has 1 aliphatic carbocycles. The highest BCUT2D eigenvalue weighted by molar-refractivity contribution is 14.0. The molecule has 0 fully saturated rings. The van der Waals surface area contributed by atoms with Crippen molar-refractivity contribution in [2.24, 2.45) is 4.99 Å². The highest BCUT2D eigenvalue weighted by atomic mass is 127. The second-order valence-electron chi connectivity index (χ2n) is 6.72. The molecule has 1 aliphatic rings. The standard InChI is InChI=1S/C20H32N4.HI/c1-21-20(22-14-13-17-9-5-4-6-10-17)23-15-18-11-7-8-12-19(18)16-24(2)3;/h7-9,11-12H,4-6,10,13-16H2,1-3H3,(H2,21,22,23);1H. The summed E-state index contributed by atoms with van der Waals surface area (Å²) in [6, 6.07) is 8.59. The molecule has 140 valence electrons. The normalized spacial score (nSPS) is 14.7. The SMILES string of the molecule is CN=C(NCCC1=CCCCC1)NCc1ccccc1CN(C)C.I. The number of hydrogen-bond acceptors (Lipinski definition) is 2. The van der Waals surface area contributed by atoms with Gasteiger partial charge in [0.05, 0.1) is 0 Å². The zero-order chi connectivity index (χ0) is 17.2. The highest BCUT2D eigenvalue weighted by Gasteiger charge is 2.06. The van der Waals surface area contributed by atoms with Crippen LogP contribution in [-0.4, -0.2) is 38.5 Å². The molecular formula is C20H33IN4. The summed E-state index contributed by atoms with van der Waals surface area (Å²) in [6.45, 7) is 2.70. The van der Waals surface area contributed by atoms with Crippen molar-refractivity contribution >= 4 is 29.9 Å². The third-order valence-electron chi connectivity index (χ3n) is 4.40. The summed E-state index contributed by atoms with van der Waals surface area (Å²) in [5.74, 6) is 0.881. The first-order valence-corrected chi connectivity index (χ1v) is 9.03. The van der Waals surface area contributed by atoms with Gasteiger partial charge in [0, 0.05) is 26.7 Å². The minimum Gasteiger partial charge on any atom is -0.356 e.